The van der Waals surface area contributed by atoms with E-state index < -0.39 is 0 Å². The molecule has 0 radical (unpaired) electrons. The first-order chi connectivity index (χ1) is 14.2. The molecule has 3 aromatic rings. The molecule has 146 valence electrons. The lowest BCUT2D eigenvalue weighted by Crippen LogP contribution is -2.33. The maximum atomic E-state index is 13.3. The van der Waals surface area contributed by atoms with Crippen LogP contribution in [0.1, 0.15) is 42.9 Å². The lowest BCUT2D eigenvalue weighted by atomic mass is 9.78. The summed E-state index contributed by atoms with van der Waals surface area (Å²) >= 11 is 0. The van der Waals surface area contributed by atoms with Crippen molar-refractivity contribution in [3.05, 3.63) is 83.3 Å². The molecule has 29 heavy (non-hydrogen) atoms. The second-order valence-electron chi connectivity index (χ2n) is 7.39. The smallest absolute Gasteiger partial charge is 0.226 e. The largest absolute Gasteiger partial charge is 0.494 e. The molecule has 0 fully saturated rings. The van der Waals surface area contributed by atoms with Crippen molar-refractivity contribution in [3.8, 4) is 5.75 Å². The molecule has 6 heteroatoms. The first-order valence-corrected chi connectivity index (χ1v) is 9.95. The molecular formula is C23H22N4O2. The number of ether oxygens (including phenoxy) is 1. The molecular weight excluding hydrogens is 364 g/mol. The Morgan fingerprint density at radius 3 is 2.62 bits per heavy atom. The number of anilines is 1. The van der Waals surface area contributed by atoms with E-state index in [1.54, 1.807) is 4.68 Å². The fraction of sp³-hybridized carbons (Fsp3) is 0.261. The van der Waals surface area contributed by atoms with Crippen LogP contribution in [0.5, 0.6) is 5.75 Å². The van der Waals surface area contributed by atoms with E-state index in [2.05, 4.69) is 27.5 Å². The van der Waals surface area contributed by atoms with Crippen molar-refractivity contribution in [1.82, 2.24) is 14.8 Å². The van der Waals surface area contributed by atoms with E-state index in [1.807, 2.05) is 49.4 Å². The lowest BCUT2D eigenvalue weighted by molar-refractivity contribution is -0.116. The van der Waals surface area contributed by atoms with Gasteiger partial charge in [0.15, 0.2) is 5.78 Å². The minimum Gasteiger partial charge on any atom is -0.494 e. The van der Waals surface area contributed by atoms with Crippen molar-refractivity contribution in [2.24, 2.45) is 0 Å². The van der Waals surface area contributed by atoms with Gasteiger partial charge in [0, 0.05) is 17.7 Å². The molecule has 6 nitrogen and oxygen atoms in total. The molecule has 1 aliphatic carbocycles. The highest BCUT2D eigenvalue weighted by Gasteiger charge is 2.39. The zero-order valence-electron chi connectivity index (χ0n) is 16.2. The third kappa shape index (κ3) is 3.10. The highest BCUT2D eigenvalue weighted by molar-refractivity contribution is 6.00. The SMILES string of the molecule is CCOc1ccc([C@@H]2C3=C(C[C@@H](c4ccccc4)CC3=O)Nc3ncnn32)cc1. The van der Waals surface area contributed by atoms with Crippen LogP contribution in [0.15, 0.2) is 72.2 Å². The van der Waals surface area contributed by atoms with Crippen LogP contribution in [0, 0.1) is 0 Å². The molecule has 0 saturated carbocycles. The van der Waals surface area contributed by atoms with E-state index in [4.69, 9.17) is 4.74 Å². The topological polar surface area (TPSA) is 69.0 Å². The Balaban J connectivity index is 1.56. The summed E-state index contributed by atoms with van der Waals surface area (Å²) in [7, 11) is 0. The first kappa shape index (κ1) is 17.7. The average molecular weight is 386 g/mol. The van der Waals surface area contributed by atoms with Crippen molar-refractivity contribution in [1.29, 1.82) is 0 Å². The Morgan fingerprint density at radius 2 is 1.86 bits per heavy atom. The number of Topliss-reactive ketones (excluding diaryl/α,β-unsaturated/α-hetero) is 1. The molecule has 0 saturated heterocycles. The third-order valence-electron chi connectivity index (χ3n) is 5.64. The van der Waals surface area contributed by atoms with Crippen LogP contribution in [0.3, 0.4) is 0 Å². The normalized spacial score (nSPS) is 20.7. The number of carbonyl (C=O) groups excluding carboxylic acids is 1. The maximum absolute atomic E-state index is 13.3. The van der Waals surface area contributed by atoms with Gasteiger partial charge in [-0.05, 0) is 42.5 Å². The van der Waals surface area contributed by atoms with Gasteiger partial charge in [-0.15, -0.1) is 0 Å². The van der Waals surface area contributed by atoms with Crippen molar-refractivity contribution in [2.75, 3.05) is 11.9 Å². The van der Waals surface area contributed by atoms with Gasteiger partial charge < -0.3 is 10.1 Å². The third-order valence-corrected chi connectivity index (χ3v) is 5.64. The molecule has 1 aliphatic heterocycles. The summed E-state index contributed by atoms with van der Waals surface area (Å²) in [5.74, 6) is 1.82. The van der Waals surface area contributed by atoms with Gasteiger partial charge in [0.1, 0.15) is 18.1 Å². The first-order valence-electron chi connectivity index (χ1n) is 9.95. The van der Waals surface area contributed by atoms with Crippen LogP contribution >= 0.6 is 0 Å². The van der Waals surface area contributed by atoms with Crippen LogP contribution < -0.4 is 10.1 Å². The standard InChI is InChI=1S/C23H22N4O2/c1-2-29-18-10-8-16(9-11-18)22-21-19(26-23-24-14-25-27(22)23)12-17(13-20(21)28)15-6-4-3-5-7-15/h3-11,14,17,22H,2,12-13H2,1H3,(H,24,25,26)/t17-,22-/m1/s1. The second-order valence-corrected chi connectivity index (χ2v) is 7.39. The van der Waals surface area contributed by atoms with Crippen LogP contribution in [0.2, 0.25) is 0 Å². The van der Waals surface area contributed by atoms with Crippen molar-refractivity contribution >= 4 is 11.7 Å². The highest BCUT2D eigenvalue weighted by Crippen LogP contribution is 2.43. The highest BCUT2D eigenvalue weighted by atomic mass is 16.5. The lowest BCUT2D eigenvalue weighted by Gasteiger charge is -2.35. The summed E-state index contributed by atoms with van der Waals surface area (Å²) in [6, 6.07) is 17.9. The number of allylic oxidation sites excluding steroid dienone is 2. The van der Waals surface area contributed by atoms with Gasteiger partial charge in [-0.3, -0.25) is 4.79 Å². The zero-order valence-corrected chi connectivity index (χ0v) is 16.2. The minimum atomic E-state index is -0.274. The molecule has 0 amide bonds. The van der Waals surface area contributed by atoms with Crippen LogP contribution in [0.4, 0.5) is 5.95 Å². The van der Waals surface area contributed by atoms with Crippen LogP contribution in [0.25, 0.3) is 0 Å². The number of rotatable bonds is 4. The molecule has 2 aliphatic rings. The number of aromatic nitrogens is 3. The molecule has 2 atom stereocenters. The summed E-state index contributed by atoms with van der Waals surface area (Å²) in [4.78, 5) is 17.7. The van der Waals surface area contributed by atoms with Gasteiger partial charge in [-0.25, -0.2) is 4.68 Å². The number of nitrogens with one attached hydrogen (secondary N) is 1. The molecule has 1 aromatic heterocycles. The number of benzene rings is 2. The van der Waals surface area contributed by atoms with Gasteiger partial charge in [-0.2, -0.15) is 10.1 Å². The fourth-order valence-corrected chi connectivity index (χ4v) is 4.33. The van der Waals surface area contributed by atoms with E-state index in [1.165, 1.54) is 11.9 Å². The van der Waals surface area contributed by atoms with E-state index in [-0.39, 0.29) is 17.7 Å². The van der Waals surface area contributed by atoms with Gasteiger partial charge >= 0.3 is 0 Å². The minimum absolute atomic E-state index is 0.160. The quantitative estimate of drug-likeness (QED) is 0.731. The number of hydrogen-bond acceptors (Lipinski definition) is 5. The Hall–Kier alpha value is -3.41. The molecule has 2 aromatic carbocycles. The Kier molecular flexibility index (Phi) is 4.39. The monoisotopic (exact) mass is 386 g/mol. The maximum Gasteiger partial charge on any atom is 0.226 e. The van der Waals surface area contributed by atoms with Gasteiger partial charge in [0.05, 0.1) is 6.61 Å². The predicted octanol–water partition coefficient (Wildman–Crippen LogP) is 4.09. The van der Waals surface area contributed by atoms with E-state index >= 15 is 0 Å². The average Bonchev–Trinajstić information content (AvgIpc) is 3.22. The molecule has 0 spiro atoms. The predicted molar refractivity (Wildman–Crippen MR) is 110 cm³/mol. The van der Waals surface area contributed by atoms with Crippen LogP contribution in [-0.4, -0.2) is 27.2 Å². The molecule has 0 unspecified atom stereocenters. The summed E-state index contributed by atoms with van der Waals surface area (Å²) in [5, 5.41) is 7.77. The Morgan fingerprint density at radius 1 is 1.07 bits per heavy atom. The van der Waals surface area contributed by atoms with Crippen molar-refractivity contribution in [2.45, 2.75) is 31.7 Å². The van der Waals surface area contributed by atoms with E-state index in [0.717, 1.165) is 29.0 Å². The molecule has 1 N–H and O–H groups in total. The summed E-state index contributed by atoms with van der Waals surface area (Å²) < 4.78 is 7.37. The fourth-order valence-electron chi connectivity index (χ4n) is 4.33. The number of carbonyl (C=O) groups is 1. The molecule has 2 heterocycles. The summed E-state index contributed by atoms with van der Waals surface area (Å²) in [5.41, 5.74) is 3.94. The summed E-state index contributed by atoms with van der Waals surface area (Å²) in [6.45, 7) is 2.58. The summed E-state index contributed by atoms with van der Waals surface area (Å²) in [6.07, 6.45) is 2.81. The van der Waals surface area contributed by atoms with Gasteiger partial charge in [0.25, 0.3) is 0 Å². The molecule has 0 bridgehead atoms. The van der Waals surface area contributed by atoms with E-state index in [9.17, 15) is 4.79 Å². The Labute approximate surface area is 169 Å². The number of fused-ring (bicyclic) bond motifs is 1. The van der Waals surface area contributed by atoms with Gasteiger partial charge in [-0.1, -0.05) is 42.5 Å². The van der Waals surface area contributed by atoms with Crippen molar-refractivity contribution in [3.63, 3.8) is 0 Å². The number of hydrogen-bond donors (Lipinski definition) is 1. The number of ketones is 1. The van der Waals surface area contributed by atoms with Crippen LogP contribution in [-0.2, 0) is 4.79 Å². The Bertz CT molecular complexity index is 1070. The van der Waals surface area contributed by atoms with E-state index in [0.29, 0.717) is 19.0 Å². The van der Waals surface area contributed by atoms with Gasteiger partial charge in [0.2, 0.25) is 5.95 Å². The number of nitrogens with zero attached hydrogens (tertiary/aromatic N) is 3. The zero-order chi connectivity index (χ0) is 19.8. The van der Waals surface area contributed by atoms with Crippen molar-refractivity contribution < 1.29 is 9.53 Å². The second kappa shape index (κ2) is 7.20. The molecule has 5 rings (SSSR count).